The number of rotatable bonds is 3. The van der Waals surface area contributed by atoms with Gasteiger partial charge in [-0.2, -0.15) is 0 Å². The monoisotopic (exact) mass is 278 g/mol. The summed E-state index contributed by atoms with van der Waals surface area (Å²) in [5, 5.41) is 5.57. The number of fused-ring (bicyclic) bond motifs is 1. The van der Waals surface area contributed by atoms with Crippen LogP contribution in [0.25, 0.3) is 0 Å². The van der Waals surface area contributed by atoms with E-state index in [9.17, 15) is 4.79 Å². The van der Waals surface area contributed by atoms with E-state index in [1.54, 1.807) is 0 Å². The standard InChI is InChI=1S/C15H22N2OS/c1-11-2-3-13(8-11)16-9-15(18)17-6-4-14-12(10-17)5-7-19-14/h5,7,11,13,16H,2-4,6,8-10H2,1H3. The highest BCUT2D eigenvalue weighted by atomic mass is 32.1. The Balaban J connectivity index is 1.49. The molecule has 1 amide bonds. The Morgan fingerprint density at radius 2 is 2.42 bits per heavy atom. The lowest BCUT2D eigenvalue weighted by atomic mass is 10.1. The van der Waals surface area contributed by atoms with E-state index in [4.69, 9.17) is 0 Å². The van der Waals surface area contributed by atoms with Crippen molar-refractivity contribution in [1.82, 2.24) is 10.2 Å². The minimum Gasteiger partial charge on any atom is -0.337 e. The summed E-state index contributed by atoms with van der Waals surface area (Å²) in [6.45, 7) is 4.50. The third-order valence-electron chi connectivity index (χ3n) is 4.40. The molecule has 4 heteroatoms. The molecule has 1 saturated carbocycles. The summed E-state index contributed by atoms with van der Waals surface area (Å²) < 4.78 is 0. The number of thiophene rings is 1. The van der Waals surface area contributed by atoms with Crippen molar-refractivity contribution in [2.24, 2.45) is 5.92 Å². The van der Waals surface area contributed by atoms with Gasteiger partial charge >= 0.3 is 0 Å². The van der Waals surface area contributed by atoms with Crippen molar-refractivity contribution < 1.29 is 4.79 Å². The zero-order valence-corrected chi connectivity index (χ0v) is 12.3. The summed E-state index contributed by atoms with van der Waals surface area (Å²) >= 11 is 1.82. The van der Waals surface area contributed by atoms with Crippen LogP contribution in [0.2, 0.25) is 0 Å². The zero-order chi connectivity index (χ0) is 13.2. The van der Waals surface area contributed by atoms with Crippen LogP contribution < -0.4 is 5.32 Å². The van der Waals surface area contributed by atoms with Gasteiger partial charge in [-0.25, -0.2) is 0 Å². The predicted molar refractivity (Wildman–Crippen MR) is 78.2 cm³/mol. The molecule has 1 aromatic rings. The van der Waals surface area contributed by atoms with Gasteiger partial charge in [0, 0.05) is 24.0 Å². The van der Waals surface area contributed by atoms with Crippen LogP contribution in [0.1, 0.15) is 36.6 Å². The number of nitrogens with zero attached hydrogens (tertiary/aromatic N) is 1. The molecule has 0 saturated heterocycles. The quantitative estimate of drug-likeness (QED) is 0.921. The summed E-state index contributed by atoms with van der Waals surface area (Å²) in [5.41, 5.74) is 1.35. The van der Waals surface area contributed by atoms with E-state index in [0.29, 0.717) is 12.6 Å². The van der Waals surface area contributed by atoms with Gasteiger partial charge in [-0.1, -0.05) is 6.92 Å². The van der Waals surface area contributed by atoms with E-state index in [-0.39, 0.29) is 5.91 Å². The molecule has 1 aliphatic carbocycles. The Hall–Kier alpha value is -0.870. The maximum atomic E-state index is 12.2. The molecule has 1 N–H and O–H groups in total. The molecule has 1 fully saturated rings. The number of carbonyl (C=O) groups excluding carboxylic acids is 1. The van der Waals surface area contributed by atoms with Gasteiger partial charge in [0.1, 0.15) is 0 Å². The second kappa shape index (κ2) is 5.63. The fourth-order valence-electron chi connectivity index (χ4n) is 3.20. The average Bonchev–Trinajstić information content (AvgIpc) is 3.03. The number of carbonyl (C=O) groups is 1. The molecule has 2 aliphatic rings. The van der Waals surface area contributed by atoms with E-state index in [0.717, 1.165) is 25.4 Å². The smallest absolute Gasteiger partial charge is 0.236 e. The van der Waals surface area contributed by atoms with Crippen LogP contribution in [-0.2, 0) is 17.8 Å². The van der Waals surface area contributed by atoms with Gasteiger partial charge in [0.15, 0.2) is 0 Å². The highest BCUT2D eigenvalue weighted by molar-refractivity contribution is 7.10. The molecule has 0 aromatic carbocycles. The van der Waals surface area contributed by atoms with Gasteiger partial charge in [-0.15, -0.1) is 11.3 Å². The van der Waals surface area contributed by atoms with Crippen LogP contribution in [0.3, 0.4) is 0 Å². The molecule has 3 rings (SSSR count). The largest absolute Gasteiger partial charge is 0.337 e. The molecule has 0 bridgehead atoms. The van der Waals surface area contributed by atoms with Crippen LogP contribution in [0.15, 0.2) is 11.4 Å². The van der Waals surface area contributed by atoms with Crippen molar-refractivity contribution >= 4 is 17.2 Å². The second-order valence-electron chi connectivity index (χ2n) is 5.93. The number of hydrogen-bond acceptors (Lipinski definition) is 3. The predicted octanol–water partition coefficient (Wildman–Crippen LogP) is 2.41. The van der Waals surface area contributed by atoms with Crippen molar-refractivity contribution in [1.29, 1.82) is 0 Å². The fraction of sp³-hybridized carbons (Fsp3) is 0.667. The lowest BCUT2D eigenvalue weighted by molar-refractivity contribution is -0.131. The zero-order valence-electron chi connectivity index (χ0n) is 11.5. The van der Waals surface area contributed by atoms with E-state index in [1.165, 1.54) is 29.7 Å². The van der Waals surface area contributed by atoms with Crippen LogP contribution in [0.4, 0.5) is 0 Å². The van der Waals surface area contributed by atoms with Crippen LogP contribution in [0, 0.1) is 5.92 Å². The molecule has 3 nitrogen and oxygen atoms in total. The lowest BCUT2D eigenvalue weighted by Crippen LogP contribution is -2.43. The number of hydrogen-bond donors (Lipinski definition) is 1. The minimum absolute atomic E-state index is 0.261. The van der Waals surface area contributed by atoms with Crippen LogP contribution in [-0.4, -0.2) is 29.9 Å². The Kier molecular flexibility index (Phi) is 3.89. The van der Waals surface area contributed by atoms with E-state index < -0.39 is 0 Å². The van der Waals surface area contributed by atoms with Crippen LogP contribution in [0.5, 0.6) is 0 Å². The Morgan fingerprint density at radius 3 is 3.21 bits per heavy atom. The maximum absolute atomic E-state index is 12.2. The number of amides is 1. The Morgan fingerprint density at radius 1 is 1.53 bits per heavy atom. The molecular weight excluding hydrogens is 256 g/mol. The molecule has 19 heavy (non-hydrogen) atoms. The van der Waals surface area contributed by atoms with Crippen molar-refractivity contribution in [3.05, 3.63) is 21.9 Å². The van der Waals surface area contributed by atoms with Gasteiger partial charge in [-0.05, 0) is 48.6 Å². The minimum atomic E-state index is 0.261. The molecule has 104 valence electrons. The summed E-state index contributed by atoms with van der Waals surface area (Å²) in [7, 11) is 0. The summed E-state index contributed by atoms with van der Waals surface area (Å²) in [6.07, 6.45) is 4.78. The average molecular weight is 278 g/mol. The molecule has 0 spiro atoms. The number of nitrogens with one attached hydrogen (secondary N) is 1. The van der Waals surface area contributed by atoms with Gasteiger partial charge in [0.2, 0.25) is 5.91 Å². The van der Waals surface area contributed by atoms with Gasteiger partial charge in [0.05, 0.1) is 6.54 Å². The van der Waals surface area contributed by atoms with Crippen molar-refractivity contribution in [2.45, 2.75) is 45.2 Å². The first-order chi connectivity index (χ1) is 9.22. The molecule has 0 radical (unpaired) electrons. The van der Waals surface area contributed by atoms with Gasteiger partial charge < -0.3 is 10.2 Å². The topological polar surface area (TPSA) is 32.3 Å². The van der Waals surface area contributed by atoms with Crippen LogP contribution >= 0.6 is 11.3 Å². The molecule has 1 aliphatic heterocycles. The molecular formula is C15H22N2OS. The van der Waals surface area contributed by atoms with E-state index >= 15 is 0 Å². The first-order valence-electron chi connectivity index (χ1n) is 7.29. The van der Waals surface area contributed by atoms with Crippen molar-refractivity contribution in [3.63, 3.8) is 0 Å². The Bertz CT molecular complexity index is 457. The molecule has 2 atom stereocenters. The lowest BCUT2D eigenvalue weighted by Gasteiger charge is -2.27. The highest BCUT2D eigenvalue weighted by Gasteiger charge is 2.24. The van der Waals surface area contributed by atoms with Crippen molar-refractivity contribution in [2.75, 3.05) is 13.1 Å². The fourth-order valence-corrected chi connectivity index (χ4v) is 4.09. The second-order valence-corrected chi connectivity index (χ2v) is 6.93. The van der Waals surface area contributed by atoms with E-state index in [2.05, 4.69) is 23.7 Å². The van der Waals surface area contributed by atoms with E-state index in [1.807, 2.05) is 16.2 Å². The van der Waals surface area contributed by atoms with Gasteiger partial charge in [0.25, 0.3) is 0 Å². The third-order valence-corrected chi connectivity index (χ3v) is 5.42. The summed E-state index contributed by atoms with van der Waals surface area (Å²) in [6, 6.07) is 2.71. The maximum Gasteiger partial charge on any atom is 0.236 e. The Labute approximate surface area is 119 Å². The molecule has 2 heterocycles. The highest BCUT2D eigenvalue weighted by Crippen LogP contribution is 2.25. The normalized spacial score (nSPS) is 26.5. The first-order valence-corrected chi connectivity index (χ1v) is 8.16. The van der Waals surface area contributed by atoms with Gasteiger partial charge in [-0.3, -0.25) is 4.79 Å². The molecule has 2 unspecified atom stereocenters. The summed E-state index contributed by atoms with van der Waals surface area (Å²) in [5.74, 6) is 1.08. The third kappa shape index (κ3) is 3.00. The SMILES string of the molecule is CC1CCC(NCC(=O)N2CCc3sccc3C2)C1. The summed E-state index contributed by atoms with van der Waals surface area (Å²) in [4.78, 5) is 15.7. The first kappa shape index (κ1) is 13.1. The molecule has 1 aromatic heterocycles. The van der Waals surface area contributed by atoms with Crippen molar-refractivity contribution in [3.8, 4) is 0 Å².